The average Bonchev–Trinajstić information content (AvgIpc) is 2.01. The van der Waals surface area contributed by atoms with Crippen LogP contribution in [0.5, 0.6) is 0 Å². The molecule has 0 spiro atoms. The first-order valence-electron chi connectivity index (χ1n) is 4.30. The van der Waals surface area contributed by atoms with Crippen molar-refractivity contribution in [2.75, 3.05) is 12.9 Å². The van der Waals surface area contributed by atoms with Crippen LogP contribution in [0.15, 0.2) is 15.5 Å². The van der Waals surface area contributed by atoms with Crippen LogP contribution in [0.3, 0.4) is 0 Å². The van der Waals surface area contributed by atoms with E-state index in [-0.39, 0.29) is 10.7 Å². The quantitative estimate of drug-likeness (QED) is 0.391. The molecule has 0 aromatic carbocycles. The topological polar surface area (TPSA) is 21.6 Å². The third-order valence-corrected chi connectivity index (χ3v) is 2.07. The third kappa shape index (κ3) is 4.88. The molecule has 0 bridgehead atoms. The minimum absolute atomic E-state index is 0.205. The molecule has 0 aromatic heterocycles. The highest BCUT2D eigenvalue weighted by molar-refractivity contribution is 8.12. The zero-order chi connectivity index (χ0) is 10.4. The molecule has 0 rings (SSSR count). The Morgan fingerprint density at radius 1 is 1.38 bits per heavy atom. The maximum absolute atomic E-state index is 5.43. The molecule has 0 amide bonds. The van der Waals surface area contributed by atoms with Crippen LogP contribution in [0.1, 0.15) is 27.7 Å². The lowest BCUT2D eigenvalue weighted by Crippen LogP contribution is -2.06. The van der Waals surface area contributed by atoms with Gasteiger partial charge >= 0.3 is 0 Å². The summed E-state index contributed by atoms with van der Waals surface area (Å²) in [5.74, 6) is 4.58. The summed E-state index contributed by atoms with van der Waals surface area (Å²) in [6, 6.07) is 0. The van der Waals surface area contributed by atoms with Crippen LogP contribution >= 0.6 is 10.7 Å². The SMILES string of the molecule is C=S(C)N=C(OCC)C(C)=C(C)C. The summed E-state index contributed by atoms with van der Waals surface area (Å²) in [5.41, 5.74) is 2.35. The Bertz CT molecular complexity index is 250. The Labute approximate surface area is 83.8 Å². The fourth-order valence-corrected chi connectivity index (χ4v) is 1.17. The molecule has 2 nitrogen and oxygen atoms in total. The van der Waals surface area contributed by atoms with Gasteiger partial charge in [0, 0.05) is 5.57 Å². The van der Waals surface area contributed by atoms with Gasteiger partial charge in [0.25, 0.3) is 0 Å². The van der Waals surface area contributed by atoms with Crippen LogP contribution in [-0.2, 0) is 4.74 Å². The Morgan fingerprint density at radius 3 is 2.23 bits per heavy atom. The monoisotopic (exact) mass is 201 g/mol. The summed E-state index contributed by atoms with van der Waals surface area (Å²) in [6.45, 7) is 8.75. The van der Waals surface area contributed by atoms with Gasteiger partial charge < -0.3 is 4.74 Å². The molecule has 0 saturated carbocycles. The summed E-state index contributed by atoms with van der Waals surface area (Å²) >= 11 is 0. The predicted octanol–water partition coefficient (Wildman–Crippen LogP) is 3.02. The van der Waals surface area contributed by atoms with Gasteiger partial charge in [-0.25, -0.2) is 0 Å². The Balaban J connectivity index is 4.82. The molecular formula is C10H19NOS. The van der Waals surface area contributed by atoms with Crippen molar-refractivity contribution in [2.45, 2.75) is 27.7 Å². The lowest BCUT2D eigenvalue weighted by Gasteiger charge is -2.09. The molecule has 0 radical (unpaired) electrons. The van der Waals surface area contributed by atoms with Crippen LogP contribution in [0, 0.1) is 0 Å². The van der Waals surface area contributed by atoms with Crippen molar-refractivity contribution >= 4 is 22.4 Å². The molecule has 76 valence electrons. The molecule has 0 fully saturated rings. The van der Waals surface area contributed by atoms with Crippen molar-refractivity contribution in [3.63, 3.8) is 0 Å². The summed E-state index contributed by atoms with van der Waals surface area (Å²) in [7, 11) is -0.205. The summed E-state index contributed by atoms with van der Waals surface area (Å²) in [5, 5.41) is 0. The summed E-state index contributed by atoms with van der Waals surface area (Å²) < 4.78 is 9.78. The van der Waals surface area contributed by atoms with E-state index in [1.165, 1.54) is 5.57 Å². The molecular weight excluding hydrogens is 182 g/mol. The molecule has 0 aliphatic heterocycles. The summed E-state index contributed by atoms with van der Waals surface area (Å²) in [4.78, 5) is 0. The van der Waals surface area contributed by atoms with E-state index in [4.69, 9.17) is 4.74 Å². The molecule has 0 heterocycles. The van der Waals surface area contributed by atoms with E-state index in [9.17, 15) is 0 Å². The molecule has 0 aromatic rings. The molecule has 1 atom stereocenters. The Hall–Kier alpha value is -0.570. The van der Waals surface area contributed by atoms with Crippen LogP contribution in [0.4, 0.5) is 0 Å². The van der Waals surface area contributed by atoms with Gasteiger partial charge in [0.15, 0.2) is 0 Å². The van der Waals surface area contributed by atoms with Gasteiger partial charge in [-0.3, -0.25) is 0 Å². The smallest absolute Gasteiger partial charge is 0.222 e. The van der Waals surface area contributed by atoms with Gasteiger partial charge in [-0.05, 0) is 34.0 Å². The second-order valence-corrected chi connectivity index (χ2v) is 4.44. The van der Waals surface area contributed by atoms with E-state index in [0.29, 0.717) is 6.61 Å². The molecule has 1 unspecified atom stereocenters. The van der Waals surface area contributed by atoms with Gasteiger partial charge in [-0.15, -0.1) is 0 Å². The van der Waals surface area contributed by atoms with Crippen LogP contribution < -0.4 is 0 Å². The Kier molecular flexibility index (Phi) is 5.71. The lowest BCUT2D eigenvalue weighted by molar-refractivity contribution is 0.328. The van der Waals surface area contributed by atoms with Gasteiger partial charge in [0.1, 0.15) is 0 Å². The number of rotatable bonds is 3. The van der Waals surface area contributed by atoms with E-state index in [1.54, 1.807) is 0 Å². The van der Waals surface area contributed by atoms with Crippen molar-refractivity contribution in [3.05, 3.63) is 11.1 Å². The van der Waals surface area contributed by atoms with Crippen LogP contribution in [0.25, 0.3) is 0 Å². The van der Waals surface area contributed by atoms with Crippen molar-refractivity contribution in [1.29, 1.82) is 0 Å². The number of hydrogen-bond acceptors (Lipinski definition) is 2. The first-order valence-corrected chi connectivity index (χ1v) is 6.06. The molecule has 3 heteroatoms. The highest BCUT2D eigenvalue weighted by atomic mass is 32.2. The van der Waals surface area contributed by atoms with Crippen LogP contribution in [-0.4, -0.2) is 24.6 Å². The standard InChI is InChI=1S/C10H19NOS/c1-7-12-10(11-13(5)6)9(4)8(2)3/h5,7H2,1-4,6H3. The largest absolute Gasteiger partial charge is 0.477 e. The number of ether oxygens (including phenoxy) is 1. The third-order valence-electron chi connectivity index (χ3n) is 1.59. The van der Waals surface area contributed by atoms with Crippen molar-refractivity contribution in [1.82, 2.24) is 0 Å². The average molecular weight is 201 g/mol. The Morgan fingerprint density at radius 2 is 1.92 bits per heavy atom. The van der Waals surface area contributed by atoms with Crippen molar-refractivity contribution in [2.24, 2.45) is 4.40 Å². The van der Waals surface area contributed by atoms with E-state index in [0.717, 1.165) is 11.5 Å². The molecule has 0 aliphatic rings. The highest BCUT2D eigenvalue weighted by Crippen LogP contribution is 2.12. The second-order valence-electron chi connectivity index (χ2n) is 3.05. The predicted molar refractivity (Wildman–Crippen MR) is 63.7 cm³/mol. The van der Waals surface area contributed by atoms with Gasteiger partial charge in [-0.1, -0.05) is 22.1 Å². The lowest BCUT2D eigenvalue weighted by atomic mass is 10.2. The number of allylic oxidation sites excluding steroid dienone is 1. The maximum Gasteiger partial charge on any atom is 0.222 e. The second kappa shape index (κ2) is 5.97. The van der Waals surface area contributed by atoms with E-state index < -0.39 is 0 Å². The molecule has 0 aliphatic carbocycles. The fraction of sp³-hybridized carbons (Fsp3) is 0.600. The van der Waals surface area contributed by atoms with Crippen molar-refractivity contribution in [3.8, 4) is 0 Å². The first kappa shape index (κ1) is 12.4. The van der Waals surface area contributed by atoms with Crippen molar-refractivity contribution < 1.29 is 4.74 Å². The molecule has 0 saturated heterocycles. The van der Waals surface area contributed by atoms with Gasteiger partial charge in [-0.2, -0.15) is 4.40 Å². The van der Waals surface area contributed by atoms with Gasteiger partial charge in [0.2, 0.25) is 5.90 Å². The van der Waals surface area contributed by atoms with Crippen LogP contribution in [0.2, 0.25) is 0 Å². The van der Waals surface area contributed by atoms with Gasteiger partial charge in [0.05, 0.1) is 6.61 Å². The minimum Gasteiger partial charge on any atom is -0.477 e. The normalized spacial score (nSPS) is 13.8. The number of nitrogens with zero attached hydrogens (tertiary/aromatic N) is 1. The summed E-state index contributed by atoms with van der Waals surface area (Å²) in [6.07, 6.45) is 1.97. The zero-order valence-corrected chi connectivity index (χ0v) is 9.99. The fourth-order valence-electron chi connectivity index (χ4n) is 0.695. The van der Waals surface area contributed by atoms with E-state index in [2.05, 4.69) is 24.1 Å². The zero-order valence-electron chi connectivity index (χ0n) is 9.18. The van der Waals surface area contributed by atoms with E-state index in [1.807, 2.05) is 20.1 Å². The maximum atomic E-state index is 5.43. The highest BCUT2D eigenvalue weighted by Gasteiger charge is 2.03. The molecule has 0 N–H and O–H groups in total. The minimum atomic E-state index is -0.205. The molecule has 13 heavy (non-hydrogen) atoms. The first-order chi connectivity index (χ1) is 5.99. The van der Waals surface area contributed by atoms with E-state index >= 15 is 0 Å². The number of hydrogen-bond donors (Lipinski definition) is 0.